The minimum atomic E-state index is -4.48. The van der Waals surface area contributed by atoms with E-state index in [9.17, 15) is 18.0 Å². The number of rotatable bonds is 4. The van der Waals surface area contributed by atoms with Crippen molar-refractivity contribution in [2.24, 2.45) is 5.92 Å². The quantitative estimate of drug-likeness (QED) is 0.742. The van der Waals surface area contributed by atoms with Gasteiger partial charge in [-0.25, -0.2) is 9.50 Å². The van der Waals surface area contributed by atoms with E-state index in [1.54, 1.807) is 19.2 Å². The Morgan fingerprint density at radius 2 is 2.00 bits per heavy atom. The molecule has 0 bridgehead atoms. The molecule has 1 fully saturated rings. The summed E-state index contributed by atoms with van der Waals surface area (Å²) in [5.41, 5.74) is 3.10. The van der Waals surface area contributed by atoms with Crippen LogP contribution in [0.4, 0.5) is 13.2 Å². The van der Waals surface area contributed by atoms with Gasteiger partial charge in [-0.3, -0.25) is 9.78 Å². The van der Waals surface area contributed by atoms with Gasteiger partial charge in [0.05, 0.1) is 11.9 Å². The highest BCUT2D eigenvalue weighted by atomic mass is 19.4. The highest BCUT2D eigenvalue weighted by molar-refractivity contribution is 6.00. The molecule has 1 aliphatic rings. The first-order valence-corrected chi connectivity index (χ1v) is 8.90. The lowest BCUT2D eigenvalue weighted by atomic mass is 10.1. The zero-order valence-electron chi connectivity index (χ0n) is 15.3. The number of hydrogen-bond acceptors (Lipinski definition) is 4. The van der Waals surface area contributed by atoms with E-state index < -0.39 is 24.0 Å². The molecule has 0 radical (unpaired) electrons. The Kier molecular flexibility index (Phi) is 4.32. The third-order valence-corrected chi connectivity index (χ3v) is 4.83. The smallest absolute Gasteiger partial charge is 0.340 e. The predicted molar refractivity (Wildman–Crippen MR) is 95.7 cm³/mol. The standard InChI is InChI=1S/C19H18F3N5O/c1-10-3-4-13(8-23-10)15-7-11(2)27-17(25-15)14(9-24-27)18(28)26-16(12-5-6-12)19(20,21)22/h3-4,7-9,12,16H,5-6H2,1-2H3,(H,26,28)/t16-/m1/s1. The molecule has 9 heteroatoms. The second-order valence-electron chi connectivity index (χ2n) is 7.09. The summed E-state index contributed by atoms with van der Waals surface area (Å²) in [6.45, 7) is 3.65. The Bertz CT molecular complexity index is 1040. The molecule has 0 spiro atoms. The summed E-state index contributed by atoms with van der Waals surface area (Å²) >= 11 is 0. The van der Waals surface area contributed by atoms with Crippen molar-refractivity contribution < 1.29 is 18.0 Å². The highest BCUT2D eigenvalue weighted by Gasteiger charge is 2.49. The van der Waals surface area contributed by atoms with Crippen LogP contribution in [0.2, 0.25) is 0 Å². The van der Waals surface area contributed by atoms with Gasteiger partial charge in [0, 0.05) is 23.1 Å². The van der Waals surface area contributed by atoms with Crippen LogP contribution < -0.4 is 5.32 Å². The van der Waals surface area contributed by atoms with Crippen LogP contribution in [0, 0.1) is 19.8 Å². The monoisotopic (exact) mass is 389 g/mol. The van der Waals surface area contributed by atoms with Crippen LogP contribution in [0.15, 0.2) is 30.6 Å². The lowest BCUT2D eigenvalue weighted by molar-refractivity contribution is -0.158. The third-order valence-electron chi connectivity index (χ3n) is 4.83. The number of fused-ring (bicyclic) bond motifs is 1. The van der Waals surface area contributed by atoms with Gasteiger partial charge in [0.1, 0.15) is 11.6 Å². The van der Waals surface area contributed by atoms with E-state index in [2.05, 4.69) is 20.4 Å². The van der Waals surface area contributed by atoms with Crippen LogP contribution in [-0.2, 0) is 0 Å². The molecule has 0 saturated heterocycles. The molecule has 146 valence electrons. The average Bonchev–Trinajstić information content (AvgIpc) is 3.37. The lowest BCUT2D eigenvalue weighted by Gasteiger charge is -2.20. The largest absolute Gasteiger partial charge is 0.408 e. The van der Waals surface area contributed by atoms with Gasteiger partial charge in [-0.2, -0.15) is 18.3 Å². The minimum absolute atomic E-state index is 0.0138. The summed E-state index contributed by atoms with van der Waals surface area (Å²) in [5.74, 6) is -1.38. The maximum Gasteiger partial charge on any atom is 0.408 e. The summed E-state index contributed by atoms with van der Waals surface area (Å²) in [7, 11) is 0. The fourth-order valence-corrected chi connectivity index (χ4v) is 3.16. The second-order valence-corrected chi connectivity index (χ2v) is 7.09. The number of halogens is 3. The van der Waals surface area contributed by atoms with Crippen LogP contribution >= 0.6 is 0 Å². The van der Waals surface area contributed by atoms with E-state index in [1.807, 2.05) is 19.1 Å². The zero-order valence-corrected chi connectivity index (χ0v) is 15.3. The SMILES string of the molecule is Cc1ccc(-c2cc(C)n3ncc(C(=O)N[C@H](C4CC4)C(F)(F)F)c3n2)cn1. The van der Waals surface area contributed by atoms with Crippen LogP contribution in [0.25, 0.3) is 16.9 Å². The first-order chi connectivity index (χ1) is 13.2. The van der Waals surface area contributed by atoms with Crippen LogP contribution in [0.5, 0.6) is 0 Å². The van der Waals surface area contributed by atoms with Crippen molar-refractivity contribution in [3.05, 3.63) is 47.5 Å². The molecule has 1 N–H and O–H groups in total. The van der Waals surface area contributed by atoms with E-state index in [-0.39, 0.29) is 11.2 Å². The average molecular weight is 389 g/mol. The molecule has 0 aromatic carbocycles. The zero-order chi connectivity index (χ0) is 20.1. The molecular weight excluding hydrogens is 371 g/mol. The molecule has 1 saturated carbocycles. The number of amides is 1. The van der Waals surface area contributed by atoms with Gasteiger partial charge in [-0.05, 0) is 50.8 Å². The highest BCUT2D eigenvalue weighted by Crippen LogP contribution is 2.40. The fraction of sp³-hybridized carbons (Fsp3) is 0.368. The number of nitrogens with zero attached hydrogens (tertiary/aromatic N) is 4. The maximum atomic E-state index is 13.3. The van der Waals surface area contributed by atoms with Crippen molar-refractivity contribution in [3.8, 4) is 11.3 Å². The molecule has 3 heterocycles. The first-order valence-electron chi connectivity index (χ1n) is 8.90. The fourth-order valence-electron chi connectivity index (χ4n) is 3.16. The molecule has 1 amide bonds. The molecule has 3 aromatic rings. The first kappa shape index (κ1) is 18.4. The topological polar surface area (TPSA) is 72.2 Å². The molecule has 3 aromatic heterocycles. The number of nitrogens with one attached hydrogen (secondary N) is 1. The van der Waals surface area contributed by atoms with E-state index in [0.29, 0.717) is 24.2 Å². The van der Waals surface area contributed by atoms with Gasteiger partial charge < -0.3 is 5.32 Å². The molecular formula is C19H18F3N5O. The summed E-state index contributed by atoms with van der Waals surface area (Å²) in [4.78, 5) is 21.3. The predicted octanol–water partition coefficient (Wildman–Crippen LogP) is 3.48. The van der Waals surface area contributed by atoms with E-state index in [0.717, 1.165) is 11.3 Å². The summed E-state index contributed by atoms with van der Waals surface area (Å²) in [5, 5.41) is 6.24. The molecule has 1 aliphatic carbocycles. The van der Waals surface area contributed by atoms with Gasteiger partial charge in [-0.15, -0.1) is 0 Å². The number of carbonyl (C=O) groups excluding carboxylic acids is 1. The Labute approximate surface area is 158 Å². The van der Waals surface area contributed by atoms with Crippen LogP contribution in [0.3, 0.4) is 0 Å². The summed E-state index contributed by atoms with van der Waals surface area (Å²) in [6.07, 6.45) is -0.650. The summed E-state index contributed by atoms with van der Waals surface area (Å²) in [6, 6.07) is 3.63. The normalized spacial score (nSPS) is 15.6. The maximum absolute atomic E-state index is 13.3. The molecule has 4 rings (SSSR count). The number of alkyl halides is 3. The van der Waals surface area contributed by atoms with E-state index in [1.165, 1.54) is 10.7 Å². The van der Waals surface area contributed by atoms with E-state index in [4.69, 9.17) is 0 Å². The van der Waals surface area contributed by atoms with Crippen molar-refractivity contribution in [1.29, 1.82) is 0 Å². The van der Waals surface area contributed by atoms with Gasteiger partial charge in [0.25, 0.3) is 5.91 Å². The minimum Gasteiger partial charge on any atom is -0.340 e. The third kappa shape index (κ3) is 3.44. The Balaban J connectivity index is 1.71. The van der Waals surface area contributed by atoms with Gasteiger partial charge in [0.15, 0.2) is 5.65 Å². The molecule has 0 aliphatic heterocycles. The van der Waals surface area contributed by atoms with Crippen molar-refractivity contribution in [3.63, 3.8) is 0 Å². The van der Waals surface area contributed by atoms with Crippen molar-refractivity contribution in [1.82, 2.24) is 24.9 Å². The lowest BCUT2D eigenvalue weighted by Crippen LogP contribution is -2.46. The molecule has 0 unspecified atom stereocenters. The van der Waals surface area contributed by atoms with Gasteiger partial charge in [-0.1, -0.05) is 0 Å². The molecule has 6 nitrogen and oxygen atoms in total. The van der Waals surface area contributed by atoms with Gasteiger partial charge >= 0.3 is 6.18 Å². The number of hydrogen-bond donors (Lipinski definition) is 1. The Morgan fingerprint density at radius 3 is 2.61 bits per heavy atom. The van der Waals surface area contributed by atoms with E-state index >= 15 is 0 Å². The molecule has 1 atom stereocenters. The van der Waals surface area contributed by atoms with Crippen molar-refractivity contribution in [2.45, 2.75) is 38.9 Å². The van der Waals surface area contributed by atoms with Crippen molar-refractivity contribution in [2.75, 3.05) is 0 Å². The summed E-state index contributed by atoms with van der Waals surface area (Å²) < 4.78 is 41.2. The number of aromatic nitrogens is 4. The van der Waals surface area contributed by atoms with Crippen LogP contribution in [-0.4, -0.2) is 37.7 Å². The Morgan fingerprint density at radius 1 is 1.25 bits per heavy atom. The second kappa shape index (κ2) is 6.57. The number of carbonyl (C=O) groups is 1. The van der Waals surface area contributed by atoms with Crippen molar-refractivity contribution >= 4 is 11.6 Å². The molecule has 28 heavy (non-hydrogen) atoms. The van der Waals surface area contributed by atoms with Crippen LogP contribution in [0.1, 0.15) is 34.6 Å². The van der Waals surface area contributed by atoms with Gasteiger partial charge in [0.2, 0.25) is 0 Å². The Hall–Kier alpha value is -2.97. The number of aryl methyl sites for hydroxylation is 2. The number of pyridine rings is 1.